The van der Waals surface area contributed by atoms with Crippen LogP contribution in [-0.2, 0) is 23.9 Å². The topological polar surface area (TPSA) is 137 Å². The van der Waals surface area contributed by atoms with E-state index in [-0.39, 0.29) is 24.0 Å². The molecule has 190 valence electrons. The number of carboxylic acids is 1. The number of carbonyl (C=O) groups excluding carboxylic acids is 3. The number of nitrogens with one attached hydrogen (secondary N) is 1. The minimum absolute atomic E-state index is 0.0379. The molecule has 0 aromatic heterocycles. The highest BCUT2D eigenvalue weighted by Gasteiger charge is 2.40. The molecule has 0 heterocycles. The Bertz CT molecular complexity index is 1130. The van der Waals surface area contributed by atoms with Crippen molar-refractivity contribution in [1.82, 2.24) is 0 Å². The summed E-state index contributed by atoms with van der Waals surface area (Å²) in [6.07, 6.45) is -2.49. The van der Waals surface area contributed by atoms with Gasteiger partial charge in [-0.05, 0) is 47.9 Å². The number of nitriles is 1. The Balaban J connectivity index is 2.44. The molecule has 2 amide bonds. The van der Waals surface area contributed by atoms with Crippen LogP contribution in [0.2, 0.25) is 0 Å². The van der Waals surface area contributed by atoms with E-state index in [1.165, 1.54) is 29.2 Å². The van der Waals surface area contributed by atoms with Crippen molar-refractivity contribution in [2.24, 2.45) is 5.92 Å². The first kappa shape index (κ1) is 28.3. The van der Waals surface area contributed by atoms with Crippen LogP contribution >= 0.6 is 11.6 Å². The van der Waals surface area contributed by atoms with Crippen molar-refractivity contribution < 1.29 is 29.0 Å². The Labute approximate surface area is 214 Å². The van der Waals surface area contributed by atoms with Crippen LogP contribution in [0.4, 0.5) is 11.4 Å². The first-order valence-corrected chi connectivity index (χ1v) is 11.8. The van der Waals surface area contributed by atoms with Crippen molar-refractivity contribution >= 4 is 46.7 Å². The number of hydrogen-bond donors (Lipinski definition) is 2. The van der Waals surface area contributed by atoms with E-state index < -0.39 is 42.2 Å². The van der Waals surface area contributed by atoms with E-state index in [9.17, 15) is 24.3 Å². The van der Waals surface area contributed by atoms with Crippen LogP contribution in [0.5, 0.6) is 0 Å². The van der Waals surface area contributed by atoms with Gasteiger partial charge in [0, 0.05) is 30.7 Å². The largest absolute Gasteiger partial charge is 0.481 e. The van der Waals surface area contributed by atoms with Gasteiger partial charge >= 0.3 is 11.9 Å². The predicted molar refractivity (Wildman–Crippen MR) is 135 cm³/mol. The summed E-state index contributed by atoms with van der Waals surface area (Å²) in [6, 6.07) is 15.0. The number of anilines is 2. The molecular formula is C26H28ClN3O6. The molecule has 0 radical (unpaired) electrons. The lowest BCUT2D eigenvalue weighted by molar-refractivity contribution is -0.160. The standard InChI is InChI=1S/C26H28ClN3O6/c1-16(2)19-6-10-21(11-7-19)30(13-12-27)26(35)24(36-17(3)31)22(14-23(32)33)25(34)29-20-8-4-18(15-28)5-9-20/h4-11,16,22,24H,12-14H2,1-3H3,(H,29,34)(H,32,33)/t22-,24-/m1/s1. The molecule has 0 saturated heterocycles. The fourth-order valence-corrected chi connectivity index (χ4v) is 3.68. The number of rotatable bonds is 11. The summed E-state index contributed by atoms with van der Waals surface area (Å²) >= 11 is 5.94. The highest BCUT2D eigenvalue weighted by atomic mass is 35.5. The summed E-state index contributed by atoms with van der Waals surface area (Å²) in [7, 11) is 0. The van der Waals surface area contributed by atoms with Crippen molar-refractivity contribution in [2.45, 2.75) is 39.2 Å². The van der Waals surface area contributed by atoms with Gasteiger partial charge in [-0.1, -0.05) is 26.0 Å². The molecule has 36 heavy (non-hydrogen) atoms. The van der Waals surface area contributed by atoms with Gasteiger partial charge in [0.15, 0.2) is 6.10 Å². The summed E-state index contributed by atoms with van der Waals surface area (Å²) in [5.74, 6) is -5.04. The number of carbonyl (C=O) groups is 4. The normalized spacial score (nSPS) is 12.2. The number of amides is 2. The van der Waals surface area contributed by atoms with E-state index in [4.69, 9.17) is 21.6 Å². The molecule has 2 aromatic carbocycles. The minimum atomic E-state index is -1.72. The van der Waals surface area contributed by atoms with Crippen LogP contribution in [0, 0.1) is 17.2 Å². The van der Waals surface area contributed by atoms with Crippen LogP contribution in [0.25, 0.3) is 0 Å². The van der Waals surface area contributed by atoms with Crippen LogP contribution in [0.1, 0.15) is 44.2 Å². The van der Waals surface area contributed by atoms with Gasteiger partial charge in [0.2, 0.25) is 5.91 Å². The molecule has 0 bridgehead atoms. The molecule has 2 N–H and O–H groups in total. The molecule has 0 saturated carbocycles. The number of halogens is 1. The van der Waals surface area contributed by atoms with E-state index >= 15 is 0 Å². The lowest BCUT2D eigenvalue weighted by Gasteiger charge is -2.30. The summed E-state index contributed by atoms with van der Waals surface area (Å²) < 4.78 is 5.24. The SMILES string of the molecule is CC(=O)O[C@@H](C(=O)N(CCCl)c1ccc(C(C)C)cc1)[C@@H](CC(=O)O)C(=O)Nc1ccc(C#N)cc1. The van der Waals surface area contributed by atoms with Crippen molar-refractivity contribution in [3.63, 3.8) is 0 Å². The number of ether oxygens (including phenoxy) is 1. The maximum atomic E-state index is 13.6. The Hall–Kier alpha value is -3.90. The Morgan fingerprint density at radius 1 is 1.08 bits per heavy atom. The van der Waals surface area contributed by atoms with Crippen molar-refractivity contribution in [2.75, 3.05) is 22.6 Å². The molecule has 0 spiro atoms. The number of benzene rings is 2. The number of esters is 1. The van der Waals surface area contributed by atoms with Gasteiger partial charge in [0.05, 0.1) is 24.0 Å². The van der Waals surface area contributed by atoms with E-state index in [1.54, 1.807) is 12.1 Å². The highest BCUT2D eigenvalue weighted by Crippen LogP contribution is 2.25. The van der Waals surface area contributed by atoms with Crippen molar-refractivity contribution in [3.05, 3.63) is 59.7 Å². The van der Waals surface area contributed by atoms with Crippen LogP contribution in [0.15, 0.2) is 48.5 Å². The summed E-state index contributed by atoms with van der Waals surface area (Å²) in [6.45, 7) is 5.16. The summed E-state index contributed by atoms with van der Waals surface area (Å²) in [5, 5.41) is 21.0. The predicted octanol–water partition coefficient (Wildman–Crippen LogP) is 3.91. The summed E-state index contributed by atoms with van der Waals surface area (Å²) in [4.78, 5) is 51.6. The summed E-state index contributed by atoms with van der Waals surface area (Å²) in [5.41, 5.74) is 2.15. The van der Waals surface area contributed by atoms with Gasteiger partial charge in [0.25, 0.3) is 5.91 Å². The third-order valence-corrected chi connectivity index (χ3v) is 5.53. The van der Waals surface area contributed by atoms with Gasteiger partial charge in [-0.15, -0.1) is 11.6 Å². The van der Waals surface area contributed by atoms with Crippen molar-refractivity contribution in [3.8, 4) is 6.07 Å². The smallest absolute Gasteiger partial charge is 0.304 e. The first-order valence-electron chi connectivity index (χ1n) is 11.2. The third-order valence-electron chi connectivity index (χ3n) is 5.36. The van der Waals surface area contributed by atoms with Crippen molar-refractivity contribution in [1.29, 1.82) is 5.26 Å². The molecule has 2 aromatic rings. The van der Waals surface area contributed by atoms with E-state index in [0.717, 1.165) is 12.5 Å². The number of aliphatic carboxylic acids is 1. The molecular weight excluding hydrogens is 486 g/mol. The average Bonchev–Trinajstić information content (AvgIpc) is 2.84. The highest BCUT2D eigenvalue weighted by molar-refractivity contribution is 6.18. The first-order chi connectivity index (χ1) is 17.1. The molecule has 2 atom stereocenters. The Morgan fingerprint density at radius 2 is 1.69 bits per heavy atom. The van der Waals surface area contributed by atoms with E-state index in [2.05, 4.69) is 5.32 Å². The van der Waals surface area contributed by atoms with Gasteiger partial charge in [-0.2, -0.15) is 5.26 Å². The van der Waals surface area contributed by atoms with Gasteiger partial charge in [0.1, 0.15) is 0 Å². The third kappa shape index (κ3) is 7.82. The van der Waals surface area contributed by atoms with Gasteiger partial charge in [-0.3, -0.25) is 19.2 Å². The number of carboxylic acid groups (broad SMARTS) is 1. The molecule has 0 aliphatic rings. The maximum Gasteiger partial charge on any atom is 0.304 e. The van der Waals surface area contributed by atoms with Crippen LogP contribution in [0.3, 0.4) is 0 Å². The zero-order valence-corrected chi connectivity index (χ0v) is 21.0. The zero-order valence-electron chi connectivity index (χ0n) is 20.2. The fraction of sp³-hybridized carbons (Fsp3) is 0.346. The Morgan fingerprint density at radius 3 is 2.17 bits per heavy atom. The second-order valence-electron chi connectivity index (χ2n) is 8.34. The van der Waals surface area contributed by atoms with Crippen LogP contribution < -0.4 is 10.2 Å². The second kappa shape index (κ2) is 13.3. The lowest BCUT2D eigenvalue weighted by Crippen LogP contribution is -2.49. The monoisotopic (exact) mass is 513 g/mol. The Kier molecular flexibility index (Phi) is 10.4. The maximum absolute atomic E-state index is 13.6. The molecule has 0 unspecified atom stereocenters. The number of nitrogens with zero attached hydrogens (tertiary/aromatic N) is 2. The molecule has 2 rings (SSSR count). The molecule has 0 aliphatic heterocycles. The number of alkyl halides is 1. The zero-order chi connectivity index (χ0) is 26.8. The molecule has 9 nitrogen and oxygen atoms in total. The van der Waals surface area contributed by atoms with Gasteiger partial charge in [-0.25, -0.2) is 0 Å². The molecule has 10 heteroatoms. The second-order valence-corrected chi connectivity index (χ2v) is 8.72. The number of hydrogen-bond acceptors (Lipinski definition) is 6. The van der Waals surface area contributed by atoms with Gasteiger partial charge < -0.3 is 20.1 Å². The average molecular weight is 514 g/mol. The van der Waals surface area contributed by atoms with E-state index in [0.29, 0.717) is 11.3 Å². The van der Waals surface area contributed by atoms with E-state index in [1.807, 2.05) is 32.0 Å². The minimum Gasteiger partial charge on any atom is -0.481 e. The lowest BCUT2D eigenvalue weighted by atomic mass is 9.95. The van der Waals surface area contributed by atoms with Crippen LogP contribution in [-0.4, -0.2) is 47.4 Å². The fourth-order valence-electron chi connectivity index (χ4n) is 3.52. The molecule has 0 aliphatic carbocycles. The molecule has 0 fully saturated rings. The quantitative estimate of drug-likeness (QED) is 0.343.